The van der Waals surface area contributed by atoms with Crippen molar-refractivity contribution in [1.29, 1.82) is 0 Å². The fourth-order valence-electron chi connectivity index (χ4n) is 4.27. The average Bonchev–Trinajstić information content (AvgIpc) is 2.80. The van der Waals surface area contributed by atoms with E-state index in [9.17, 15) is 9.59 Å². The number of thioether (sulfide) groups is 1. The van der Waals surface area contributed by atoms with E-state index in [1.54, 1.807) is 12.1 Å². The maximum Gasteiger partial charge on any atom is 0.243 e. The maximum absolute atomic E-state index is 12.6. The van der Waals surface area contributed by atoms with Gasteiger partial charge in [0.25, 0.3) is 0 Å². The Morgan fingerprint density at radius 1 is 1.00 bits per heavy atom. The summed E-state index contributed by atoms with van der Waals surface area (Å²) in [5.74, 6) is 1.24. The molecule has 1 spiro atoms. The number of ether oxygens (including phenoxy) is 2. The summed E-state index contributed by atoms with van der Waals surface area (Å²) in [6, 6.07) is 14.6. The highest BCUT2D eigenvalue weighted by atomic mass is 35.5. The van der Waals surface area contributed by atoms with E-state index in [-0.39, 0.29) is 5.60 Å². The van der Waals surface area contributed by atoms with Crippen molar-refractivity contribution in [1.82, 2.24) is 4.90 Å². The molecule has 31 heavy (non-hydrogen) atoms. The molecule has 7 heteroatoms. The minimum absolute atomic E-state index is 0.301. The number of Topliss-reactive ketones (excluding diaryl/α,β-unsaturated/α-hetero) is 2. The van der Waals surface area contributed by atoms with Crippen molar-refractivity contribution in [2.24, 2.45) is 0 Å². The first-order valence-electron chi connectivity index (χ1n) is 10.4. The molecular weight excluding hydrogens is 434 g/mol. The number of rotatable bonds is 4. The first-order chi connectivity index (χ1) is 15.0. The monoisotopic (exact) mass is 455 g/mol. The largest absolute Gasteiger partial charge is 0.492 e. The molecule has 0 amide bonds. The summed E-state index contributed by atoms with van der Waals surface area (Å²) >= 11 is 7.38. The summed E-state index contributed by atoms with van der Waals surface area (Å²) in [7, 11) is 0. The zero-order valence-corrected chi connectivity index (χ0v) is 18.5. The second-order valence-corrected chi connectivity index (χ2v) is 9.50. The average molecular weight is 456 g/mol. The molecule has 1 aliphatic carbocycles. The Labute approximate surface area is 190 Å². The van der Waals surface area contributed by atoms with Crippen molar-refractivity contribution in [2.45, 2.75) is 18.4 Å². The van der Waals surface area contributed by atoms with E-state index >= 15 is 0 Å². The third-order valence-corrected chi connectivity index (χ3v) is 7.67. The Bertz CT molecular complexity index is 1060. The molecule has 2 heterocycles. The summed E-state index contributed by atoms with van der Waals surface area (Å²) in [6.07, 6.45) is 1.75. The van der Waals surface area contributed by atoms with Gasteiger partial charge in [-0.15, -0.1) is 11.8 Å². The maximum atomic E-state index is 12.6. The molecule has 2 aliphatic heterocycles. The van der Waals surface area contributed by atoms with Crippen LogP contribution >= 0.6 is 23.4 Å². The van der Waals surface area contributed by atoms with Gasteiger partial charge in [0.15, 0.2) is 0 Å². The standard InChI is InChI=1S/C24H22ClNO4S/c25-16-5-7-17(8-6-16)29-14-13-26-11-9-24(10-12-26)15-31-23-21(28)20(27)18-3-1-2-4-19(18)22(23)30-24/h1-8H,9-15H2. The van der Waals surface area contributed by atoms with Gasteiger partial charge in [0.1, 0.15) is 28.6 Å². The van der Waals surface area contributed by atoms with Gasteiger partial charge in [0.05, 0.1) is 0 Å². The number of fused-ring (bicyclic) bond motifs is 2. The van der Waals surface area contributed by atoms with Gasteiger partial charge in [-0.1, -0.05) is 35.9 Å². The summed E-state index contributed by atoms with van der Waals surface area (Å²) < 4.78 is 12.3. The van der Waals surface area contributed by atoms with Gasteiger partial charge in [0.2, 0.25) is 11.6 Å². The Balaban J connectivity index is 1.22. The number of nitrogens with zero attached hydrogens (tertiary/aromatic N) is 1. The van der Waals surface area contributed by atoms with Gasteiger partial charge < -0.3 is 9.47 Å². The second kappa shape index (κ2) is 8.34. The number of allylic oxidation sites excluding steroid dienone is 1. The molecule has 0 radical (unpaired) electrons. The SMILES string of the molecule is O=C1C(=O)c2ccccc2C2=C1SCC1(CCN(CCOc3ccc(Cl)cc3)CC1)O2. The smallest absolute Gasteiger partial charge is 0.243 e. The molecule has 5 rings (SSSR count). The van der Waals surface area contributed by atoms with Crippen LogP contribution in [0.5, 0.6) is 5.75 Å². The second-order valence-electron chi connectivity index (χ2n) is 8.08. The third kappa shape index (κ3) is 4.00. The summed E-state index contributed by atoms with van der Waals surface area (Å²) in [6.45, 7) is 3.27. The van der Waals surface area contributed by atoms with Crippen LogP contribution in [-0.2, 0) is 9.53 Å². The number of benzene rings is 2. The highest BCUT2D eigenvalue weighted by Crippen LogP contribution is 2.47. The number of carbonyl (C=O) groups is 2. The quantitative estimate of drug-likeness (QED) is 0.635. The van der Waals surface area contributed by atoms with Crippen LogP contribution in [0.4, 0.5) is 0 Å². The molecule has 160 valence electrons. The first kappa shape index (κ1) is 20.6. The number of likely N-dealkylation sites (tertiary alicyclic amines) is 1. The molecule has 1 saturated heterocycles. The van der Waals surface area contributed by atoms with E-state index in [1.165, 1.54) is 11.8 Å². The van der Waals surface area contributed by atoms with E-state index in [0.29, 0.717) is 33.6 Å². The number of hydrogen-bond acceptors (Lipinski definition) is 6. The highest BCUT2D eigenvalue weighted by molar-refractivity contribution is 8.04. The minimum Gasteiger partial charge on any atom is -0.492 e. The Morgan fingerprint density at radius 2 is 1.71 bits per heavy atom. The molecular formula is C24H22ClNO4S. The zero-order chi connectivity index (χ0) is 21.4. The minimum atomic E-state index is -0.440. The molecule has 0 atom stereocenters. The van der Waals surface area contributed by atoms with Crippen LogP contribution in [0.25, 0.3) is 5.76 Å². The fourth-order valence-corrected chi connectivity index (χ4v) is 5.65. The topological polar surface area (TPSA) is 55.8 Å². The number of hydrogen-bond donors (Lipinski definition) is 0. The number of halogens is 1. The number of ketones is 2. The van der Waals surface area contributed by atoms with Gasteiger partial charge in [-0.2, -0.15) is 0 Å². The van der Waals surface area contributed by atoms with E-state index in [0.717, 1.165) is 43.8 Å². The fraction of sp³-hybridized carbons (Fsp3) is 0.333. The predicted octanol–water partition coefficient (Wildman–Crippen LogP) is 4.45. The molecule has 0 unspecified atom stereocenters. The Morgan fingerprint density at radius 3 is 2.45 bits per heavy atom. The van der Waals surface area contributed by atoms with Crippen LogP contribution in [0.3, 0.4) is 0 Å². The summed E-state index contributed by atoms with van der Waals surface area (Å²) in [4.78, 5) is 27.8. The van der Waals surface area contributed by atoms with Crippen molar-refractivity contribution >= 4 is 40.7 Å². The molecule has 0 saturated carbocycles. The lowest BCUT2D eigenvalue weighted by Crippen LogP contribution is -2.50. The molecule has 2 aromatic carbocycles. The van der Waals surface area contributed by atoms with Gasteiger partial charge in [-0.05, 0) is 24.3 Å². The lowest BCUT2D eigenvalue weighted by molar-refractivity contribution is -0.111. The lowest BCUT2D eigenvalue weighted by Gasteiger charge is -2.45. The summed E-state index contributed by atoms with van der Waals surface area (Å²) in [5.41, 5.74) is 0.887. The van der Waals surface area contributed by atoms with Crippen molar-refractivity contribution in [3.8, 4) is 5.75 Å². The van der Waals surface area contributed by atoms with E-state index in [1.807, 2.05) is 36.4 Å². The lowest BCUT2D eigenvalue weighted by atomic mass is 9.90. The Kier molecular flexibility index (Phi) is 5.54. The summed E-state index contributed by atoms with van der Waals surface area (Å²) in [5, 5.41) is 0.698. The van der Waals surface area contributed by atoms with Crippen LogP contribution in [0.1, 0.15) is 28.8 Å². The van der Waals surface area contributed by atoms with E-state index < -0.39 is 11.6 Å². The molecule has 0 N–H and O–H groups in total. The molecule has 3 aliphatic rings. The van der Waals surface area contributed by atoms with Crippen LogP contribution in [0.2, 0.25) is 5.02 Å². The molecule has 2 aromatic rings. The van der Waals surface area contributed by atoms with Crippen LogP contribution in [0.15, 0.2) is 53.4 Å². The van der Waals surface area contributed by atoms with Gasteiger partial charge in [-0.3, -0.25) is 14.5 Å². The molecule has 1 fully saturated rings. The normalized spacial score (nSPS) is 20.3. The third-order valence-electron chi connectivity index (χ3n) is 6.09. The Hall–Kier alpha value is -2.28. The van der Waals surface area contributed by atoms with E-state index in [2.05, 4.69) is 4.90 Å². The van der Waals surface area contributed by atoms with Crippen LogP contribution < -0.4 is 4.74 Å². The van der Waals surface area contributed by atoms with Crippen molar-refractivity contribution < 1.29 is 19.1 Å². The van der Waals surface area contributed by atoms with E-state index in [4.69, 9.17) is 21.1 Å². The van der Waals surface area contributed by atoms with Crippen LogP contribution in [0, 0.1) is 0 Å². The molecule has 0 bridgehead atoms. The van der Waals surface area contributed by atoms with Crippen molar-refractivity contribution in [3.63, 3.8) is 0 Å². The zero-order valence-electron chi connectivity index (χ0n) is 16.9. The molecule has 0 aromatic heterocycles. The van der Waals surface area contributed by atoms with Crippen molar-refractivity contribution in [3.05, 3.63) is 69.6 Å². The number of carbonyl (C=O) groups excluding carboxylic acids is 2. The van der Waals surface area contributed by atoms with Gasteiger partial charge in [-0.25, -0.2) is 0 Å². The van der Waals surface area contributed by atoms with Crippen molar-refractivity contribution in [2.75, 3.05) is 32.0 Å². The van der Waals surface area contributed by atoms with Crippen LogP contribution in [-0.4, -0.2) is 54.1 Å². The van der Waals surface area contributed by atoms with Gasteiger partial charge in [0, 0.05) is 54.4 Å². The highest BCUT2D eigenvalue weighted by Gasteiger charge is 2.45. The van der Waals surface area contributed by atoms with Gasteiger partial charge >= 0.3 is 0 Å². The molecule has 5 nitrogen and oxygen atoms in total. The predicted molar refractivity (Wildman–Crippen MR) is 122 cm³/mol. The first-order valence-corrected chi connectivity index (χ1v) is 11.8. The number of piperidine rings is 1.